The van der Waals surface area contributed by atoms with Crippen molar-refractivity contribution in [3.8, 4) is 0 Å². The van der Waals surface area contributed by atoms with Gasteiger partial charge in [-0.15, -0.1) is 0 Å². The number of hydrogen-bond donors (Lipinski definition) is 0. The molecular weight excluding hydrogens is 247 g/mol. The SMILES string of the molecule is CCCC[N+](C)(C)C.O=S(=O)([O-])C(F)(F)F. The van der Waals surface area contributed by atoms with E-state index in [-0.39, 0.29) is 0 Å². The Balaban J connectivity index is 0. The van der Waals surface area contributed by atoms with E-state index in [0.29, 0.717) is 0 Å². The quantitative estimate of drug-likeness (QED) is 0.442. The molecule has 0 spiro atoms. The zero-order valence-corrected chi connectivity index (χ0v) is 10.7. The van der Waals surface area contributed by atoms with Crippen molar-refractivity contribution in [3.05, 3.63) is 0 Å². The third-order valence-electron chi connectivity index (χ3n) is 1.47. The number of halogens is 3. The van der Waals surface area contributed by atoms with Crippen LogP contribution in [0.5, 0.6) is 0 Å². The van der Waals surface area contributed by atoms with Crippen LogP contribution >= 0.6 is 0 Å². The molecule has 0 aromatic heterocycles. The van der Waals surface area contributed by atoms with E-state index < -0.39 is 15.6 Å². The summed E-state index contributed by atoms with van der Waals surface area (Å²) in [7, 11) is 0.605. The first-order valence-electron chi connectivity index (χ1n) is 4.64. The molecule has 0 N–H and O–H groups in total. The third kappa shape index (κ3) is 11.7. The lowest BCUT2D eigenvalue weighted by atomic mass is 10.3. The van der Waals surface area contributed by atoms with Crippen molar-refractivity contribution < 1.29 is 30.6 Å². The lowest BCUT2D eigenvalue weighted by Gasteiger charge is -2.23. The van der Waals surface area contributed by atoms with Gasteiger partial charge in [0.1, 0.15) is 0 Å². The Hall–Kier alpha value is -0.340. The average Bonchev–Trinajstić information content (AvgIpc) is 1.96. The number of rotatable bonds is 3. The maximum atomic E-state index is 10.7. The number of hydrogen-bond acceptors (Lipinski definition) is 3. The van der Waals surface area contributed by atoms with Gasteiger partial charge in [-0.2, -0.15) is 13.2 Å². The van der Waals surface area contributed by atoms with Crippen molar-refractivity contribution in [2.75, 3.05) is 27.7 Å². The molecule has 0 heterocycles. The van der Waals surface area contributed by atoms with Crippen molar-refractivity contribution in [2.24, 2.45) is 0 Å². The van der Waals surface area contributed by atoms with Crippen molar-refractivity contribution in [3.63, 3.8) is 0 Å². The molecule has 0 atom stereocenters. The summed E-state index contributed by atoms with van der Waals surface area (Å²) in [6, 6.07) is 0. The van der Waals surface area contributed by atoms with Crippen LogP contribution in [0.1, 0.15) is 19.8 Å². The standard InChI is InChI=1S/C7H18N.CHF3O3S/c1-5-6-7-8(2,3)4;2-1(3,4)8(5,6)7/h5-7H2,1-4H3;(H,5,6,7)/q+1;/p-1. The zero-order valence-electron chi connectivity index (χ0n) is 9.84. The molecule has 0 saturated heterocycles. The van der Waals surface area contributed by atoms with E-state index in [1.54, 1.807) is 0 Å². The molecule has 0 unspecified atom stereocenters. The Bertz CT molecular complexity index is 280. The highest BCUT2D eigenvalue weighted by molar-refractivity contribution is 7.86. The van der Waals surface area contributed by atoms with E-state index in [1.807, 2.05) is 0 Å². The van der Waals surface area contributed by atoms with E-state index in [4.69, 9.17) is 13.0 Å². The second kappa shape index (κ2) is 6.41. The molecule has 0 aromatic carbocycles. The molecule has 0 aliphatic carbocycles. The van der Waals surface area contributed by atoms with E-state index in [1.165, 1.54) is 19.4 Å². The lowest BCUT2D eigenvalue weighted by molar-refractivity contribution is -0.870. The van der Waals surface area contributed by atoms with Crippen LogP contribution in [0.25, 0.3) is 0 Å². The fourth-order valence-corrected chi connectivity index (χ4v) is 0.632. The predicted molar refractivity (Wildman–Crippen MR) is 53.6 cm³/mol. The number of alkyl halides is 3. The molecule has 0 radical (unpaired) electrons. The molecule has 0 aromatic rings. The molecule has 8 heteroatoms. The highest BCUT2D eigenvalue weighted by Crippen LogP contribution is 2.20. The van der Waals surface area contributed by atoms with Gasteiger partial charge in [-0.3, -0.25) is 0 Å². The average molecular weight is 265 g/mol. The first kappa shape index (κ1) is 18.0. The van der Waals surface area contributed by atoms with Gasteiger partial charge in [0, 0.05) is 0 Å². The van der Waals surface area contributed by atoms with Crippen LogP contribution in [0, 0.1) is 0 Å². The topological polar surface area (TPSA) is 57.2 Å². The van der Waals surface area contributed by atoms with Gasteiger partial charge in [0.05, 0.1) is 27.7 Å². The van der Waals surface area contributed by atoms with Crippen molar-refractivity contribution in [2.45, 2.75) is 25.3 Å². The highest BCUT2D eigenvalue weighted by atomic mass is 32.2. The maximum absolute atomic E-state index is 10.7. The summed E-state index contributed by atoms with van der Waals surface area (Å²) in [5, 5.41) is 0. The number of quaternary nitrogens is 1. The highest BCUT2D eigenvalue weighted by Gasteiger charge is 2.36. The summed E-state index contributed by atoms with van der Waals surface area (Å²) in [6.07, 6.45) is 2.67. The van der Waals surface area contributed by atoms with Crippen LogP contribution in [0.2, 0.25) is 0 Å². The summed E-state index contributed by atoms with van der Waals surface area (Å²) in [4.78, 5) is 0. The molecule has 0 fully saturated rings. The molecular formula is C8H18F3NO3S. The first-order valence-corrected chi connectivity index (χ1v) is 6.04. The van der Waals surface area contributed by atoms with Crippen molar-refractivity contribution in [1.82, 2.24) is 0 Å². The summed E-state index contributed by atoms with van der Waals surface area (Å²) in [5.74, 6) is 0. The van der Waals surface area contributed by atoms with E-state index >= 15 is 0 Å². The smallest absolute Gasteiger partial charge is 0.485 e. The van der Waals surface area contributed by atoms with Crippen LogP contribution in [0.4, 0.5) is 13.2 Å². The lowest BCUT2D eigenvalue weighted by Crippen LogP contribution is -2.35. The third-order valence-corrected chi connectivity index (χ3v) is 2.03. The van der Waals surface area contributed by atoms with E-state index in [0.717, 1.165) is 4.48 Å². The van der Waals surface area contributed by atoms with Crippen LogP contribution in [-0.2, 0) is 10.1 Å². The van der Waals surface area contributed by atoms with Gasteiger partial charge < -0.3 is 9.04 Å². The van der Waals surface area contributed by atoms with Gasteiger partial charge in [-0.1, -0.05) is 13.3 Å². The zero-order chi connectivity index (χ0) is 13.6. The van der Waals surface area contributed by atoms with Crippen LogP contribution in [0.3, 0.4) is 0 Å². The van der Waals surface area contributed by atoms with Gasteiger partial charge in [0.2, 0.25) is 0 Å². The molecule has 0 aliphatic heterocycles. The Kier molecular flexibility index (Phi) is 7.22. The number of nitrogens with zero attached hydrogens (tertiary/aromatic N) is 1. The van der Waals surface area contributed by atoms with Crippen molar-refractivity contribution >= 4 is 10.1 Å². The molecule has 4 nitrogen and oxygen atoms in total. The molecule has 0 saturated carbocycles. The second-order valence-corrected chi connectivity index (χ2v) is 5.64. The fraction of sp³-hybridized carbons (Fsp3) is 1.00. The van der Waals surface area contributed by atoms with Crippen LogP contribution in [-0.4, -0.2) is 50.6 Å². The van der Waals surface area contributed by atoms with Gasteiger partial charge in [-0.05, 0) is 6.42 Å². The van der Waals surface area contributed by atoms with E-state index in [9.17, 15) is 13.2 Å². The second-order valence-electron chi connectivity index (χ2n) is 4.27. The van der Waals surface area contributed by atoms with Crippen LogP contribution < -0.4 is 0 Å². The normalized spacial score (nSPS) is 13.0. The monoisotopic (exact) mass is 265 g/mol. The minimum absolute atomic E-state index is 1.10. The summed E-state index contributed by atoms with van der Waals surface area (Å²) >= 11 is 0. The summed E-state index contributed by atoms with van der Waals surface area (Å²) in [5.41, 5.74) is -5.65. The Morgan fingerprint density at radius 3 is 1.56 bits per heavy atom. The minimum Gasteiger partial charge on any atom is -0.741 e. The Labute approximate surface area is 94.4 Å². The fourth-order valence-electron chi connectivity index (χ4n) is 0.632. The van der Waals surface area contributed by atoms with Crippen LogP contribution in [0.15, 0.2) is 0 Å². The van der Waals surface area contributed by atoms with Gasteiger partial charge in [0.25, 0.3) is 0 Å². The Morgan fingerprint density at radius 2 is 1.50 bits per heavy atom. The minimum atomic E-state index is -6.09. The predicted octanol–water partition coefficient (Wildman–Crippen LogP) is 1.54. The summed E-state index contributed by atoms with van der Waals surface area (Å²) < 4.78 is 60.0. The van der Waals surface area contributed by atoms with Crippen molar-refractivity contribution in [1.29, 1.82) is 0 Å². The molecule has 100 valence electrons. The Morgan fingerprint density at radius 1 is 1.19 bits per heavy atom. The van der Waals surface area contributed by atoms with Gasteiger partial charge >= 0.3 is 5.51 Å². The molecule has 0 bridgehead atoms. The molecule has 0 amide bonds. The molecule has 16 heavy (non-hydrogen) atoms. The number of unbranched alkanes of at least 4 members (excludes halogenated alkanes) is 1. The molecule has 0 aliphatic rings. The van der Waals surface area contributed by atoms with E-state index in [2.05, 4.69) is 28.1 Å². The first-order chi connectivity index (χ1) is 6.81. The van der Waals surface area contributed by atoms with Gasteiger partial charge in [-0.25, -0.2) is 8.42 Å². The largest absolute Gasteiger partial charge is 0.741 e. The maximum Gasteiger partial charge on any atom is 0.485 e. The summed E-state index contributed by atoms with van der Waals surface area (Å²) in [6.45, 7) is 3.53. The van der Waals surface area contributed by atoms with Gasteiger partial charge in [0.15, 0.2) is 10.1 Å². The molecule has 0 rings (SSSR count).